The molecule has 0 aliphatic rings. The molecule has 2 N–H and O–H groups in total. The minimum atomic E-state index is -0.143. The van der Waals surface area contributed by atoms with Crippen molar-refractivity contribution in [3.05, 3.63) is 50.9 Å². The van der Waals surface area contributed by atoms with Gasteiger partial charge < -0.3 is 5.73 Å². The Labute approximate surface area is 123 Å². The van der Waals surface area contributed by atoms with Crippen LogP contribution in [0.2, 0.25) is 5.02 Å². The summed E-state index contributed by atoms with van der Waals surface area (Å²) in [4.78, 5) is 12.4. The van der Waals surface area contributed by atoms with Crippen molar-refractivity contribution in [1.29, 1.82) is 0 Å². The van der Waals surface area contributed by atoms with Gasteiger partial charge in [0.25, 0.3) is 5.56 Å². The summed E-state index contributed by atoms with van der Waals surface area (Å²) in [7, 11) is 0. The normalized spacial score (nSPS) is 11.2. The van der Waals surface area contributed by atoms with Crippen LogP contribution in [-0.2, 0) is 13.1 Å². The average molecular weight is 294 g/mol. The van der Waals surface area contributed by atoms with Crippen molar-refractivity contribution in [2.24, 2.45) is 0 Å². The average Bonchev–Trinajstić information content (AvgIpc) is 2.65. The standard InChI is InChI=1S/C15H20ClN3O/c1-4-18-14(10(2)3)13(17)15(20)19(18)9-11-7-5-6-8-12(11)16/h5-8,10H,4,9,17H2,1-3H3. The van der Waals surface area contributed by atoms with E-state index in [-0.39, 0.29) is 11.5 Å². The van der Waals surface area contributed by atoms with Crippen LogP contribution in [0.15, 0.2) is 29.1 Å². The van der Waals surface area contributed by atoms with E-state index < -0.39 is 0 Å². The SMILES string of the molecule is CCn1c(C(C)C)c(N)c(=O)n1Cc1ccccc1Cl. The molecule has 0 spiro atoms. The van der Waals surface area contributed by atoms with Crippen LogP contribution in [0.25, 0.3) is 0 Å². The van der Waals surface area contributed by atoms with Crippen LogP contribution < -0.4 is 11.3 Å². The Balaban J connectivity index is 2.55. The smallest absolute Gasteiger partial charge is 0.290 e. The van der Waals surface area contributed by atoms with Gasteiger partial charge in [-0.2, -0.15) is 0 Å². The van der Waals surface area contributed by atoms with E-state index in [0.29, 0.717) is 23.8 Å². The minimum Gasteiger partial charge on any atom is -0.393 e. The molecule has 0 saturated carbocycles. The number of aromatic nitrogens is 2. The molecular formula is C15H20ClN3O. The maximum atomic E-state index is 12.4. The second-order valence-electron chi connectivity index (χ2n) is 5.12. The zero-order valence-corrected chi connectivity index (χ0v) is 12.8. The summed E-state index contributed by atoms with van der Waals surface area (Å²) < 4.78 is 3.62. The summed E-state index contributed by atoms with van der Waals surface area (Å²) in [6.45, 7) is 7.22. The second-order valence-corrected chi connectivity index (χ2v) is 5.53. The molecule has 1 aromatic heterocycles. The largest absolute Gasteiger partial charge is 0.393 e. The van der Waals surface area contributed by atoms with Gasteiger partial charge in [0, 0.05) is 11.6 Å². The van der Waals surface area contributed by atoms with E-state index in [4.69, 9.17) is 17.3 Å². The summed E-state index contributed by atoms with van der Waals surface area (Å²) in [6, 6.07) is 7.54. The van der Waals surface area contributed by atoms with Gasteiger partial charge in [0.1, 0.15) is 5.69 Å². The van der Waals surface area contributed by atoms with Crippen molar-refractivity contribution in [2.75, 3.05) is 5.73 Å². The molecule has 0 aliphatic heterocycles. The monoisotopic (exact) mass is 293 g/mol. The Bertz CT molecular complexity index is 670. The number of nitrogens with zero attached hydrogens (tertiary/aromatic N) is 2. The second kappa shape index (κ2) is 5.75. The van der Waals surface area contributed by atoms with E-state index in [2.05, 4.69) is 0 Å². The Morgan fingerprint density at radius 2 is 1.90 bits per heavy atom. The topological polar surface area (TPSA) is 52.9 Å². The van der Waals surface area contributed by atoms with Crippen molar-refractivity contribution in [3.63, 3.8) is 0 Å². The Kier molecular flexibility index (Phi) is 4.23. The van der Waals surface area contributed by atoms with Crippen molar-refractivity contribution < 1.29 is 0 Å². The first-order valence-corrected chi connectivity index (χ1v) is 7.17. The molecule has 0 radical (unpaired) electrons. The summed E-state index contributed by atoms with van der Waals surface area (Å²) in [6.07, 6.45) is 0. The highest BCUT2D eigenvalue weighted by Gasteiger charge is 2.19. The van der Waals surface area contributed by atoms with E-state index in [1.165, 1.54) is 0 Å². The number of halogens is 1. The number of benzene rings is 1. The lowest BCUT2D eigenvalue weighted by molar-refractivity contribution is 0.465. The predicted molar refractivity (Wildman–Crippen MR) is 83.4 cm³/mol. The van der Waals surface area contributed by atoms with Crippen LogP contribution in [0.4, 0.5) is 5.69 Å². The number of rotatable bonds is 4. The van der Waals surface area contributed by atoms with Gasteiger partial charge in [0.05, 0.1) is 12.2 Å². The number of anilines is 1. The van der Waals surface area contributed by atoms with Crippen LogP contribution in [0.3, 0.4) is 0 Å². The van der Waals surface area contributed by atoms with E-state index in [1.807, 2.05) is 49.7 Å². The third kappa shape index (κ3) is 2.48. The summed E-state index contributed by atoms with van der Waals surface area (Å²) in [5.41, 5.74) is 7.99. The highest BCUT2D eigenvalue weighted by Crippen LogP contribution is 2.21. The fourth-order valence-corrected chi connectivity index (χ4v) is 2.72. The fourth-order valence-electron chi connectivity index (χ4n) is 2.52. The zero-order valence-electron chi connectivity index (χ0n) is 12.1. The third-order valence-corrected chi connectivity index (χ3v) is 3.80. The Hall–Kier alpha value is -1.68. The zero-order chi connectivity index (χ0) is 14.9. The van der Waals surface area contributed by atoms with Crippen LogP contribution in [-0.4, -0.2) is 9.36 Å². The lowest BCUT2D eigenvalue weighted by atomic mass is 10.1. The van der Waals surface area contributed by atoms with Crippen LogP contribution in [0, 0.1) is 0 Å². The lowest BCUT2D eigenvalue weighted by Crippen LogP contribution is -2.24. The molecule has 0 aliphatic carbocycles. The predicted octanol–water partition coefficient (Wildman–Crippen LogP) is 3.08. The molecule has 4 nitrogen and oxygen atoms in total. The van der Waals surface area contributed by atoms with Gasteiger partial charge in [-0.25, -0.2) is 4.68 Å². The Morgan fingerprint density at radius 1 is 1.25 bits per heavy atom. The molecule has 0 saturated heterocycles. The molecule has 0 fully saturated rings. The maximum Gasteiger partial charge on any atom is 0.290 e. The van der Waals surface area contributed by atoms with Gasteiger partial charge >= 0.3 is 0 Å². The molecule has 1 heterocycles. The van der Waals surface area contributed by atoms with Crippen molar-refractivity contribution in [2.45, 2.75) is 39.8 Å². The molecule has 1 aromatic carbocycles. The lowest BCUT2D eigenvalue weighted by Gasteiger charge is -2.15. The van der Waals surface area contributed by atoms with Gasteiger partial charge in [-0.15, -0.1) is 0 Å². The van der Waals surface area contributed by atoms with Gasteiger partial charge in [-0.1, -0.05) is 43.6 Å². The summed E-state index contributed by atoms with van der Waals surface area (Å²) in [5, 5.41) is 0.660. The van der Waals surface area contributed by atoms with E-state index in [1.54, 1.807) is 4.68 Å². The quantitative estimate of drug-likeness (QED) is 0.942. The van der Waals surface area contributed by atoms with Gasteiger partial charge in [0.2, 0.25) is 0 Å². The van der Waals surface area contributed by atoms with Crippen LogP contribution in [0.5, 0.6) is 0 Å². The molecule has 0 amide bonds. The molecule has 0 unspecified atom stereocenters. The molecule has 0 atom stereocenters. The summed E-state index contributed by atoms with van der Waals surface area (Å²) >= 11 is 6.18. The number of hydrogen-bond acceptors (Lipinski definition) is 2. The molecule has 5 heteroatoms. The minimum absolute atomic E-state index is 0.143. The molecular weight excluding hydrogens is 274 g/mol. The third-order valence-electron chi connectivity index (χ3n) is 3.43. The highest BCUT2D eigenvalue weighted by molar-refractivity contribution is 6.31. The van der Waals surface area contributed by atoms with Gasteiger partial charge in [0.15, 0.2) is 0 Å². The van der Waals surface area contributed by atoms with Crippen molar-refractivity contribution in [1.82, 2.24) is 9.36 Å². The first-order valence-electron chi connectivity index (χ1n) is 6.79. The van der Waals surface area contributed by atoms with Crippen LogP contribution >= 0.6 is 11.6 Å². The number of nitrogens with two attached hydrogens (primary N) is 1. The van der Waals surface area contributed by atoms with E-state index in [0.717, 1.165) is 11.3 Å². The van der Waals surface area contributed by atoms with Crippen molar-refractivity contribution in [3.8, 4) is 0 Å². The Morgan fingerprint density at radius 3 is 2.45 bits per heavy atom. The first-order chi connectivity index (χ1) is 9.47. The highest BCUT2D eigenvalue weighted by atomic mass is 35.5. The molecule has 108 valence electrons. The molecule has 2 aromatic rings. The van der Waals surface area contributed by atoms with E-state index in [9.17, 15) is 4.79 Å². The number of hydrogen-bond donors (Lipinski definition) is 1. The first kappa shape index (κ1) is 14.7. The summed E-state index contributed by atoms with van der Waals surface area (Å²) in [5.74, 6) is 0.204. The van der Waals surface area contributed by atoms with Gasteiger partial charge in [-0.05, 0) is 24.5 Å². The van der Waals surface area contributed by atoms with Gasteiger partial charge in [-0.3, -0.25) is 9.48 Å². The number of nitrogen functional groups attached to an aromatic ring is 1. The maximum absolute atomic E-state index is 12.4. The molecule has 20 heavy (non-hydrogen) atoms. The van der Waals surface area contributed by atoms with Crippen LogP contribution in [0.1, 0.15) is 37.9 Å². The van der Waals surface area contributed by atoms with E-state index >= 15 is 0 Å². The van der Waals surface area contributed by atoms with Crippen molar-refractivity contribution >= 4 is 17.3 Å². The fraction of sp³-hybridized carbons (Fsp3) is 0.400. The molecule has 2 rings (SSSR count). The molecule has 0 bridgehead atoms.